The molecule has 4 aromatic carbocycles. The lowest BCUT2D eigenvalue weighted by atomic mass is 9.95. The van der Waals surface area contributed by atoms with Crippen molar-refractivity contribution in [3.05, 3.63) is 112 Å². The molecule has 240 valence electrons. The Labute approximate surface area is 265 Å². The largest absolute Gasteiger partial charge is 0.744 e. The first-order valence-corrected chi connectivity index (χ1v) is 16.3. The van der Waals surface area contributed by atoms with Gasteiger partial charge in [0.25, 0.3) is 11.8 Å². The minimum Gasteiger partial charge on any atom is -0.744 e. The molecule has 4 N–H and O–H groups in total. The van der Waals surface area contributed by atoms with Gasteiger partial charge in [-0.15, -0.1) is 0 Å². The van der Waals surface area contributed by atoms with Crippen LogP contribution in [0, 0.1) is 13.8 Å². The summed E-state index contributed by atoms with van der Waals surface area (Å²) in [5.41, 5.74) is 9.44. The monoisotopic (exact) mass is 664 g/mol. The minimum atomic E-state index is -5.22. The third-order valence-electron chi connectivity index (χ3n) is 6.74. The molecule has 0 atom stereocenters. The molecule has 46 heavy (non-hydrogen) atoms. The van der Waals surface area contributed by atoms with Crippen molar-refractivity contribution in [2.45, 2.75) is 37.0 Å². The molecule has 3 amide bonds. The van der Waals surface area contributed by atoms with E-state index in [9.17, 15) is 40.3 Å². The first-order chi connectivity index (χ1) is 21.5. The van der Waals surface area contributed by atoms with Crippen LogP contribution in [0.2, 0.25) is 0 Å². The number of carbonyl (C=O) groups is 3. The highest BCUT2D eigenvalue weighted by molar-refractivity contribution is 7.86. The molecule has 15 heteroatoms. The van der Waals surface area contributed by atoms with E-state index in [1.165, 1.54) is 19.1 Å². The Morgan fingerprint density at radius 1 is 0.652 bits per heavy atom. The van der Waals surface area contributed by atoms with Crippen molar-refractivity contribution in [2.75, 3.05) is 16.1 Å². The average Bonchev–Trinajstić information content (AvgIpc) is 2.97. The van der Waals surface area contributed by atoms with Crippen molar-refractivity contribution in [1.82, 2.24) is 5.43 Å². The third kappa shape index (κ3) is 8.76. The Bertz CT molecular complexity index is 2010. The molecule has 0 aliphatic carbocycles. The summed E-state index contributed by atoms with van der Waals surface area (Å²) in [5.74, 6) is -1.86. The fraction of sp³-hybridized carbons (Fsp3) is 0.129. The van der Waals surface area contributed by atoms with Crippen LogP contribution in [0.25, 0.3) is 0 Å². The van der Waals surface area contributed by atoms with Crippen LogP contribution in [0.3, 0.4) is 0 Å². The second-order valence-electron chi connectivity index (χ2n) is 10.4. The van der Waals surface area contributed by atoms with E-state index < -0.39 is 47.4 Å². The van der Waals surface area contributed by atoms with E-state index in [2.05, 4.69) is 21.5 Å². The van der Waals surface area contributed by atoms with Gasteiger partial charge >= 0.3 is 0 Å². The van der Waals surface area contributed by atoms with Gasteiger partial charge in [-0.1, -0.05) is 29.8 Å². The Morgan fingerprint density at radius 2 is 1.20 bits per heavy atom. The summed E-state index contributed by atoms with van der Waals surface area (Å²) in [6, 6.07) is 18.6. The van der Waals surface area contributed by atoms with Crippen LogP contribution in [0.4, 0.5) is 17.1 Å². The first kappa shape index (κ1) is 33.8. The van der Waals surface area contributed by atoms with E-state index in [4.69, 9.17) is 0 Å². The Hall–Kier alpha value is -5.09. The maximum absolute atomic E-state index is 13.6. The van der Waals surface area contributed by atoms with E-state index in [-0.39, 0.29) is 17.2 Å². The van der Waals surface area contributed by atoms with Gasteiger partial charge in [0.1, 0.15) is 20.2 Å². The van der Waals surface area contributed by atoms with Crippen LogP contribution in [0.5, 0.6) is 0 Å². The van der Waals surface area contributed by atoms with Crippen LogP contribution in [-0.4, -0.2) is 43.7 Å². The number of amides is 3. The van der Waals surface area contributed by atoms with Crippen molar-refractivity contribution in [3.63, 3.8) is 0 Å². The highest BCUT2D eigenvalue weighted by Gasteiger charge is 2.18. The molecule has 0 fully saturated rings. The van der Waals surface area contributed by atoms with E-state index in [1.807, 2.05) is 32.0 Å². The SMILES string of the molecule is CC(=O)NNc1ccc(NC(=O)c2cc(NC(=O)c3cc(S(=O)(=O)[O-])cc(S(=O)(=O)[O-])c3)ccc2Cc2ccc(C)cc2C)cc1. The quantitative estimate of drug-likeness (QED) is 0.143. The van der Waals surface area contributed by atoms with E-state index in [0.29, 0.717) is 41.6 Å². The molecule has 0 heterocycles. The van der Waals surface area contributed by atoms with Gasteiger partial charge in [0.15, 0.2) is 0 Å². The Balaban J connectivity index is 1.68. The molecule has 0 radical (unpaired) electrons. The lowest BCUT2D eigenvalue weighted by Gasteiger charge is -2.16. The van der Waals surface area contributed by atoms with Crippen LogP contribution in [-0.2, 0) is 31.5 Å². The summed E-state index contributed by atoms with van der Waals surface area (Å²) >= 11 is 0. The summed E-state index contributed by atoms with van der Waals surface area (Å²) in [4.78, 5) is 35.7. The van der Waals surface area contributed by atoms with Gasteiger partial charge in [0, 0.05) is 29.4 Å². The second kappa shape index (κ2) is 13.5. The molecular weight excluding hydrogens is 636 g/mol. The van der Waals surface area contributed by atoms with Crippen LogP contribution in [0.1, 0.15) is 49.9 Å². The number of nitrogens with one attached hydrogen (secondary N) is 4. The van der Waals surface area contributed by atoms with Crippen molar-refractivity contribution in [1.29, 1.82) is 0 Å². The van der Waals surface area contributed by atoms with Gasteiger partial charge < -0.3 is 19.7 Å². The number of aryl methyl sites for hydroxylation is 2. The Kier molecular flexibility index (Phi) is 9.92. The van der Waals surface area contributed by atoms with Gasteiger partial charge in [0.2, 0.25) is 5.91 Å². The molecule has 13 nitrogen and oxygen atoms in total. The molecule has 0 spiro atoms. The summed E-state index contributed by atoms with van der Waals surface area (Å²) in [7, 11) is -10.4. The molecule has 0 saturated heterocycles. The number of anilines is 3. The fourth-order valence-electron chi connectivity index (χ4n) is 4.46. The number of hydrogen-bond donors (Lipinski definition) is 4. The molecule has 4 aromatic rings. The van der Waals surface area contributed by atoms with Gasteiger partial charge in [0.05, 0.1) is 15.5 Å². The van der Waals surface area contributed by atoms with Crippen molar-refractivity contribution in [3.8, 4) is 0 Å². The zero-order chi connectivity index (χ0) is 33.8. The topological polar surface area (TPSA) is 214 Å². The summed E-state index contributed by atoms with van der Waals surface area (Å²) in [6.07, 6.45) is 0.358. The molecule has 0 aromatic heterocycles. The number of rotatable bonds is 10. The maximum atomic E-state index is 13.6. The number of hydrogen-bond acceptors (Lipinski definition) is 10. The van der Waals surface area contributed by atoms with E-state index in [0.717, 1.165) is 16.7 Å². The van der Waals surface area contributed by atoms with Crippen LogP contribution >= 0.6 is 0 Å². The van der Waals surface area contributed by atoms with E-state index >= 15 is 0 Å². The molecule has 0 aliphatic rings. The zero-order valence-corrected chi connectivity index (χ0v) is 26.3. The zero-order valence-electron chi connectivity index (χ0n) is 24.7. The molecule has 4 rings (SSSR count). The molecule has 0 bridgehead atoms. The molecular formula is C31H28N4O9S2-2. The van der Waals surface area contributed by atoms with Crippen molar-refractivity contribution < 1.29 is 40.3 Å². The van der Waals surface area contributed by atoms with Crippen LogP contribution in [0.15, 0.2) is 88.7 Å². The standard InChI is InChI=1S/C31H30N4O9S2/c1-18-4-5-21(19(2)12-18)13-22-6-7-26(16-29(22)31(38)32-24-8-10-25(11-9-24)35-34-20(3)36)33-30(37)23-14-27(45(39,40)41)17-28(15-23)46(42,43)44/h4-12,14-17,35H,13H2,1-3H3,(H,32,38)(H,33,37)(H,34,36)(H,39,40,41)(H,42,43,44)/p-2. The Morgan fingerprint density at radius 3 is 1.76 bits per heavy atom. The smallest absolute Gasteiger partial charge is 0.256 e. The van der Waals surface area contributed by atoms with Gasteiger partial charge in [-0.2, -0.15) is 0 Å². The van der Waals surface area contributed by atoms with Gasteiger partial charge in [-0.05, 0) is 91.6 Å². The van der Waals surface area contributed by atoms with Crippen LogP contribution < -0.4 is 21.5 Å². The predicted molar refractivity (Wildman–Crippen MR) is 167 cm³/mol. The van der Waals surface area contributed by atoms with Crippen molar-refractivity contribution in [2.24, 2.45) is 0 Å². The first-order valence-electron chi connectivity index (χ1n) is 13.5. The average molecular weight is 665 g/mol. The normalized spacial score (nSPS) is 11.4. The lowest BCUT2D eigenvalue weighted by Crippen LogP contribution is -2.26. The highest BCUT2D eigenvalue weighted by Crippen LogP contribution is 2.25. The summed E-state index contributed by atoms with van der Waals surface area (Å²) < 4.78 is 69.4. The minimum absolute atomic E-state index is 0.0799. The highest BCUT2D eigenvalue weighted by atomic mass is 32.2. The summed E-state index contributed by atoms with van der Waals surface area (Å²) in [5, 5.41) is 5.25. The molecule has 0 aliphatic heterocycles. The van der Waals surface area contributed by atoms with Gasteiger partial charge in [-0.3, -0.25) is 25.2 Å². The molecule has 0 unspecified atom stereocenters. The predicted octanol–water partition coefficient (Wildman–Crippen LogP) is 3.67. The lowest BCUT2D eigenvalue weighted by molar-refractivity contribution is -0.118. The van der Waals surface area contributed by atoms with Crippen molar-refractivity contribution >= 4 is 55.0 Å². The van der Waals surface area contributed by atoms with Gasteiger partial charge in [-0.25, -0.2) is 16.8 Å². The number of benzene rings is 4. The van der Waals surface area contributed by atoms with E-state index in [1.54, 1.807) is 30.3 Å². The molecule has 0 saturated carbocycles. The summed E-state index contributed by atoms with van der Waals surface area (Å²) in [6.45, 7) is 5.25. The fourth-order valence-corrected chi connectivity index (χ4v) is 5.62. The number of hydrazine groups is 1. The number of carbonyl (C=O) groups excluding carboxylic acids is 3. The third-order valence-corrected chi connectivity index (χ3v) is 8.36. The maximum Gasteiger partial charge on any atom is 0.256 e. The second-order valence-corrected chi connectivity index (χ2v) is 13.1.